The highest BCUT2D eigenvalue weighted by molar-refractivity contribution is 8.08. The summed E-state index contributed by atoms with van der Waals surface area (Å²) in [5.41, 5.74) is -3.29. The van der Waals surface area contributed by atoms with Crippen molar-refractivity contribution < 1.29 is 82.7 Å². The van der Waals surface area contributed by atoms with Gasteiger partial charge in [0.15, 0.2) is 69.8 Å². The van der Waals surface area contributed by atoms with E-state index in [0.29, 0.717) is 0 Å². The second-order valence-electron chi connectivity index (χ2n) is 7.20. The van der Waals surface area contributed by atoms with E-state index in [4.69, 9.17) is 0 Å². The van der Waals surface area contributed by atoms with E-state index in [1.54, 1.807) is 0 Å². The first-order chi connectivity index (χ1) is 18.1. The summed E-state index contributed by atoms with van der Waals surface area (Å²) in [5.74, 6) is -49.9. The maximum absolute atomic E-state index is 14.6. The third kappa shape index (κ3) is 4.16. The average molecular weight is 642 g/mol. The van der Waals surface area contributed by atoms with E-state index in [-0.39, 0.29) is 0 Å². The molecule has 21 heteroatoms. The Balaban J connectivity index is 2.69. The average Bonchev–Trinajstić information content (AvgIpc) is 2.88. The van der Waals surface area contributed by atoms with Gasteiger partial charge in [0.1, 0.15) is 9.79 Å². The van der Waals surface area contributed by atoms with Crippen LogP contribution in [0.5, 0.6) is 0 Å². The van der Waals surface area contributed by atoms with Crippen molar-refractivity contribution >= 4 is 19.7 Å². The van der Waals surface area contributed by atoms with E-state index in [9.17, 15) is 82.7 Å². The molecule has 0 spiro atoms. The van der Waals surface area contributed by atoms with Crippen LogP contribution in [0.2, 0.25) is 0 Å². The van der Waals surface area contributed by atoms with Gasteiger partial charge in [-0.1, -0.05) is 0 Å². The monoisotopic (exact) mass is 642 g/mol. The number of benzene rings is 3. The summed E-state index contributed by atoms with van der Waals surface area (Å²) in [4.78, 5) is -6.74. The molecule has 0 atom stereocenters. The van der Waals surface area contributed by atoms with Gasteiger partial charge < -0.3 is 0 Å². The summed E-state index contributed by atoms with van der Waals surface area (Å²) in [7, 11) is -14.9. The number of hydrogen-bond donors (Lipinski definition) is 0. The lowest BCUT2D eigenvalue weighted by atomic mass is 10.2. The normalized spacial score (nSPS) is 12.5. The van der Waals surface area contributed by atoms with Crippen LogP contribution in [0.3, 0.4) is 0 Å². The highest BCUT2D eigenvalue weighted by atomic mass is 32.3. The van der Waals surface area contributed by atoms with Gasteiger partial charge in [0.2, 0.25) is 41.7 Å². The molecule has 0 N–H and O–H groups in total. The lowest BCUT2D eigenvalue weighted by Crippen LogP contribution is -2.30. The Kier molecular flexibility index (Phi) is 7.65. The standard InChI is InChI=1S/C19HF15O4S2/c20-2-1(3(21)5(23)6(24)4(2)22)19(39(35,36)17-13(31)9(27)7(25)10(28)14(17)32)40(37,38)18-15(33)11(29)8(26)12(30)16(18)34/h19H. The van der Waals surface area contributed by atoms with Gasteiger partial charge in [0, 0.05) is 0 Å². The molecule has 4 nitrogen and oxygen atoms in total. The maximum Gasteiger partial charge on any atom is 0.206 e. The molecule has 0 amide bonds. The Labute approximate surface area is 210 Å². The van der Waals surface area contributed by atoms with Crippen molar-refractivity contribution in [1.82, 2.24) is 0 Å². The second kappa shape index (κ2) is 9.85. The Hall–Kier alpha value is -3.49. The minimum absolute atomic E-state index is 3.13. The molecule has 218 valence electrons. The number of rotatable bonds is 5. The molecule has 0 aromatic heterocycles. The molecule has 0 bridgehead atoms. The van der Waals surface area contributed by atoms with Crippen molar-refractivity contribution in [3.63, 3.8) is 0 Å². The first kappa shape index (κ1) is 31.0. The molecular formula is C19HF15O4S2. The van der Waals surface area contributed by atoms with E-state index in [1.807, 2.05) is 0 Å². The van der Waals surface area contributed by atoms with Crippen LogP contribution in [0.4, 0.5) is 65.9 Å². The molecule has 3 aromatic rings. The van der Waals surface area contributed by atoms with Crippen molar-refractivity contribution in [3.8, 4) is 0 Å². The van der Waals surface area contributed by atoms with Crippen LogP contribution in [0.15, 0.2) is 9.79 Å². The van der Waals surface area contributed by atoms with Crippen LogP contribution in [0.1, 0.15) is 10.1 Å². The lowest BCUT2D eigenvalue weighted by Gasteiger charge is -2.22. The SMILES string of the molecule is O=S(=O)(c1c(F)c(F)c(F)c(F)c1F)C(c1c(F)c(F)c(F)c(F)c1F)S(=O)(=O)c1c(F)c(F)c(F)c(F)c1F. The van der Waals surface area contributed by atoms with E-state index >= 15 is 0 Å². The van der Waals surface area contributed by atoms with Crippen LogP contribution in [0, 0.1) is 87.3 Å². The Morgan fingerprint density at radius 2 is 0.475 bits per heavy atom. The summed E-state index contributed by atoms with van der Waals surface area (Å²) in [6.45, 7) is 0. The predicted molar refractivity (Wildman–Crippen MR) is 95.8 cm³/mol. The van der Waals surface area contributed by atoms with Crippen molar-refractivity contribution in [1.29, 1.82) is 0 Å². The lowest BCUT2D eigenvalue weighted by molar-refractivity contribution is 0.355. The third-order valence-electron chi connectivity index (χ3n) is 4.95. The molecular weight excluding hydrogens is 641 g/mol. The zero-order valence-corrected chi connectivity index (χ0v) is 19.3. The summed E-state index contributed by atoms with van der Waals surface area (Å²) in [6, 6.07) is 0. The quantitative estimate of drug-likeness (QED) is 0.155. The minimum atomic E-state index is -7.44. The van der Waals surface area contributed by atoms with E-state index in [2.05, 4.69) is 0 Å². The zero-order chi connectivity index (χ0) is 31.0. The van der Waals surface area contributed by atoms with Gasteiger partial charge in [-0.3, -0.25) is 0 Å². The Morgan fingerprint density at radius 1 is 0.300 bits per heavy atom. The van der Waals surface area contributed by atoms with Gasteiger partial charge in [-0.15, -0.1) is 0 Å². The van der Waals surface area contributed by atoms with Gasteiger partial charge in [-0.05, 0) is 0 Å². The van der Waals surface area contributed by atoms with E-state index in [0.717, 1.165) is 0 Å². The highest BCUT2D eigenvalue weighted by Crippen LogP contribution is 2.45. The van der Waals surface area contributed by atoms with Crippen molar-refractivity contribution in [3.05, 3.63) is 92.8 Å². The van der Waals surface area contributed by atoms with Crippen LogP contribution < -0.4 is 0 Å². The number of hydrogen-bond acceptors (Lipinski definition) is 4. The van der Waals surface area contributed by atoms with Gasteiger partial charge in [0.05, 0.1) is 5.56 Å². The van der Waals surface area contributed by atoms with E-state index < -0.39 is 127 Å². The number of sulfone groups is 2. The molecule has 0 saturated carbocycles. The molecule has 0 heterocycles. The second-order valence-corrected chi connectivity index (χ2v) is 11.4. The summed E-state index contributed by atoms with van der Waals surface area (Å²) >= 11 is 0. The van der Waals surface area contributed by atoms with Crippen LogP contribution in [0.25, 0.3) is 0 Å². The first-order valence-electron chi connectivity index (χ1n) is 9.17. The van der Waals surface area contributed by atoms with Crippen molar-refractivity contribution in [2.75, 3.05) is 0 Å². The molecule has 3 aromatic carbocycles. The first-order valence-corrected chi connectivity index (χ1v) is 12.3. The fourth-order valence-electron chi connectivity index (χ4n) is 3.19. The minimum Gasteiger partial charge on any atom is -0.222 e. The van der Waals surface area contributed by atoms with E-state index in [1.165, 1.54) is 0 Å². The Morgan fingerprint density at radius 3 is 0.700 bits per heavy atom. The third-order valence-corrected chi connectivity index (χ3v) is 9.93. The summed E-state index contributed by atoms with van der Waals surface area (Å²) < 4.78 is 256. The van der Waals surface area contributed by atoms with Crippen LogP contribution >= 0.6 is 0 Å². The Bertz CT molecular complexity index is 1650. The maximum atomic E-state index is 14.6. The molecule has 0 unspecified atom stereocenters. The fraction of sp³-hybridized carbons (Fsp3) is 0.0526. The number of halogens is 15. The molecule has 0 saturated heterocycles. The topological polar surface area (TPSA) is 68.3 Å². The zero-order valence-electron chi connectivity index (χ0n) is 17.7. The molecule has 0 radical (unpaired) electrons. The van der Waals surface area contributed by atoms with Crippen LogP contribution in [-0.4, -0.2) is 16.8 Å². The molecule has 40 heavy (non-hydrogen) atoms. The fourth-order valence-corrected chi connectivity index (χ4v) is 7.92. The summed E-state index contributed by atoms with van der Waals surface area (Å²) in [6.07, 6.45) is 0. The van der Waals surface area contributed by atoms with Gasteiger partial charge >= 0.3 is 0 Å². The molecule has 0 aliphatic carbocycles. The largest absolute Gasteiger partial charge is 0.222 e. The molecule has 0 aliphatic rings. The smallest absolute Gasteiger partial charge is 0.206 e. The van der Waals surface area contributed by atoms with Crippen molar-refractivity contribution in [2.24, 2.45) is 0 Å². The molecule has 3 rings (SSSR count). The van der Waals surface area contributed by atoms with Crippen LogP contribution in [-0.2, 0) is 19.7 Å². The summed E-state index contributed by atoms with van der Waals surface area (Å²) in [5, 5.41) is 0. The van der Waals surface area contributed by atoms with Gasteiger partial charge in [-0.2, -0.15) is 0 Å². The molecule has 0 fully saturated rings. The highest BCUT2D eigenvalue weighted by Gasteiger charge is 2.52. The van der Waals surface area contributed by atoms with Gasteiger partial charge in [0.25, 0.3) is 0 Å². The predicted octanol–water partition coefficient (Wildman–Crippen LogP) is 5.72. The van der Waals surface area contributed by atoms with Gasteiger partial charge in [-0.25, -0.2) is 82.7 Å². The van der Waals surface area contributed by atoms with Crippen molar-refractivity contribution in [2.45, 2.75) is 14.4 Å². The molecule has 0 aliphatic heterocycles.